The van der Waals surface area contributed by atoms with E-state index in [1.54, 1.807) is 0 Å². The van der Waals surface area contributed by atoms with Gasteiger partial charge in [0.1, 0.15) is 0 Å². The van der Waals surface area contributed by atoms with Crippen LogP contribution in [0.15, 0.2) is 0 Å². The van der Waals surface area contributed by atoms with Crippen LogP contribution in [0.4, 0.5) is 0 Å². The number of amides is 1. The molecule has 0 aromatic heterocycles. The number of carbonyl (C=O) groups is 1. The van der Waals surface area contributed by atoms with Crippen molar-refractivity contribution in [2.24, 2.45) is 11.1 Å². The Labute approximate surface area is 112 Å². The van der Waals surface area contributed by atoms with E-state index in [1.807, 2.05) is 0 Å². The van der Waals surface area contributed by atoms with Crippen molar-refractivity contribution < 1.29 is 4.79 Å². The summed E-state index contributed by atoms with van der Waals surface area (Å²) in [5, 5.41) is 2.97. The van der Waals surface area contributed by atoms with Crippen molar-refractivity contribution >= 4 is 5.91 Å². The number of likely N-dealkylation sites (N-methyl/N-ethyl adjacent to an activating group) is 1. The molecule has 0 aliphatic rings. The van der Waals surface area contributed by atoms with E-state index in [4.69, 9.17) is 5.73 Å². The van der Waals surface area contributed by atoms with Gasteiger partial charge in [0.2, 0.25) is 5.91 Å². The molecule has 0 aliphatic heterocycles. The third-order valence-corrected chi connectivity index (χ3v) is 3.52. The Morgan fingerprint density at radius 1 is 1.33 bits per heavy atom. The first-order valence-electron chi connectivity index (χ1n) is 6.95. The molecule has 4 heteroatoms. The first-order chi connectivity index (χ1) is 8.28. The number of rotatable bonds is 9. The highest BCUT2D eigenvalue weighted by atomic mass is 16.1. The van der Waals surface area contributed by atoms with Crippen LogP contribution in [0.5, 0.6) is 0 Å². The molecule has 0 spiro atoms. The monoisotopic (exact) mass is 257 g/mol. The molecule has 0 rings (SSSR count). The second-order valence-corrected chi connectivity index (χ2v) is 6.13. The summed E-state index contributed by atoms with van der Waals surface area (Å²) in [6, 6.07) is 0.519. The van der Waals surface area contributed by atoms with E-state index in [0.29, 0.717) is 19.0 Å². The van der Waals surface area contributed by atoms with Crippen molar-refractivity contribution in [3.63, 3.8) is 0 Å². The third kappa shape index (κ3) is 8.48. The lowest BCUT2D eigenvalue weighted by Crippen LogP contribution is -2.36. The summed E-state index contributed by atoms with van der Waals surface area (Å²) in [5.74, 6) is 0.150. The predicted octanol–water partition coefficient (Wildman–Crippen LogP) is 1.60. The molecule has 0 unspecified atom stereocenters. The standard InChI is InChI=1S/C14H31N3O/c1-12(2)17(5)11-10-16-13(18)6-7-14(3,4)8-9-15/h12H,6-11,15H2,1-5H3,(H,16,18). The van der Waals surface area contributed by atoms with Crippen LogP contribution in [0.25, 0.3) is 0 Å². The summed E-state index contributed by atoms with van der Waals surface area (Å²) >= 11 is 0. The molecule has 0 saturated heterocycles. The quantitative estimate of drug-likeness (QED) is 0.659. The summed E-state index contributed by atoms with van der Waals surface area (Å²) in [5.41, 5.74) is 5.72. The van der Waals surface area contributed by atoms with Gasteiger partial charge < -0.3 is 16.0 Å². The van der Waals surface area contributed by atoms with Crippen molar-refractivity contribution in [1.29, 1.82) is 0 Å². The highest BCUT2D eigenvalue weighted by Crippen LogP contribution is 2.25. The van der Waals surface area contributed by atoms with E-state index >= 15 is 0 Å². The molecule has 0 aliphatic carbocycles. The molecule has 0 heterocycles. The number of hydrogen-bond donors (Lipinski definition) is 2. The van der Waals surface area contributed by atoms with Crippen LogP contribution < -0.4 is 11.1 Å². The summed E-state index contributed by atoms with van der Waals surface area (Å²) in [6.45, 7) is 10.9. The molecule has 0 fully saturated rings. The highest BCUT2D eigenvalue weighted by molar-refractivity contribution is 5.75. The van der Waals surface area contributed by atoms with Crippen molar-refractivity contribution in [3.8, 4) is 0 Å². The van der Waals surface area contributed by atoms with Crippen molar-refractivity contribution in [3.05, 3.63) is 0 Å². The van der Waals surface area contributed by atoms with Crippen molar-refractivity contribution in [2.45, 2.75) is 53.0 Å². The lowest BCUT2D eigenvalue weighted by Gasteiger charge is -2.24. The van der Waals surface area contributed by atoms with Crippen LogP contribution in [-0.4, -0.2) is 43.5 Å². The molecule has 0 saturated carbocycles. The largest absolute Gasteiger partial charge is 0.355 e. The second kappa shape index (κ2) is 8.48. The zero-order valence-electron chi connectivity index (χ0n) is 12.8. The molecule has 0 radical (unpaired) electrons. The summed E-state index contributed by atoms with van der Waals surface area (Å²) in [6.07, 6.45) is 2.46. The topological polar surface area (TPSA) is 58.4 Å². The molecule has 0 bridgehead atoms. The Morgan fingerprint density at radius 3 is 2.44 bits per heavy atom. The van der Waals surface area contributed by atoms with Crippen LogP contribution in [0.2, 0.25) is 0 Å². The van der Waals surface area contributed by atoms with Crippen LogP contribution in [-0.2, 0) is 4.79 Å². The highest BCUT2D eigenvalue weighted by Gasteiger charge is 2.18. The van der Waals surface area contributed by atoms with Gasteiger partial charge in [0.25, 0.3) is 0 Å². The maximum Gasteiger partial charge on any atom is 0.220 e. The molecular weight excluding hydrogens is 226 g/mol. The fraction of sp³-hybridized carbons (Fsp3) is 0.929. The Hall–Kier alpha value is -0.610. The van der Waals surface area contributed by atoms with Crippen LogP contribution >= 0.6 is 0 Å². The minimum atomic E-state index is 0.150. The molecule has 4 nitrogen and oxygen atoms in total. The molecule has 3 N–H and O–H groups in total. The molecule has 0 atom stereocenters. The third-order valence-electron chi connectivity index (χ3n) is 3.52. The maximum atomic E-state index is 11.7. The number of hydrogen-bond acceptors (Lipinski definition) is 3. The van der Waals surface area contributed by atoms with Crippen LogP contribution in [0.1, 0.15) is 47.0 Å². The summed E-state index contributed by atoms with van der Waals surface area (Å²) in [4.78, 5) is 13.9. The van der Waals surface area contributed by atoms with E-state index in [1.165, 1.54) is 0 Å². The second-order valence-electron chi connectivity index (χ2n) is 6.13. The molecule has 0 aromatic carbocycles. The van der Waals surface area contributed by atoms with Gasteiger partial charge in [0, 0.05) is 25.6 Å². The summed E-state index contributed by atoms with van der Waals surface area (Å²) < 4.78 is 0. The number of nitrogens with one attached hydrogen (secondary N) is 1. The van der Waals surface area contributed by atoms with Gasteiger partial charge in [-0.05, 0) is 45.7 Å². The smallest absolute Gasteiger partial charge is 0.220 e. The molecular formula is C14H31N3O. The Bertz CT molecular complexity index is 239. The normalized spacial score (nSPS) is 12.2. The lowest BCUT2D eigenvalue weighted by molar-refractivity contribution is -0.121. The minimum absolute atomic E-state index is 0.150. The number of nitrogens with zero attached hydrogens (tertiary/aromatic N) is 1. The van der Waals surface area contributed by atoms with Gasteiger partial charge in [0.15, 0.2) is 0 Å². The summed E-state index contributed by atoms with van der Waals surface area (Å²) in [7, 11) is 2.07. The van der Waals surface area contributed by atoms with Gasteiger partial charge in [-0.15, -0.1) is 0 Å². The van der Waals surface area contributed by atoms with Crippen LogP contribution in [0.3, 0.4) is 0 Å². The van der Waals surface area contributed by atoms with Gasteiger partial charge in [0.05, 0.1) is 0 Å². The Morgan fingerprint density at radius 2 is 1.94 bits per heavy atom. The minimum Gasteiger partial charge on any atom is -0.355 e. The molecule has 1 amide bonds. The first kappa shape index (κ1) is 17.4. The number of carbonyl (C=O) groups excluding carboxylic acids is 1. The van der Waals surface area contributed by atoms with Gasteiger partial charge in [-0.25, -0.2) is 0 Å². The van der Waals surface area contributed by atoms with E-state index in [9.17, 15) is 4.79 Å². The average Bonchev–Trinajstić information content (AvgIpc) is 2.26. The van der Waals surface area contributed by atoms with Gasteiger partial charge in [-0.1, -0.05) is 13.8 Å². The molecule has 108 valence electrons. The maximum absolute atomic E-state index is 11.7. The van der Waals surface area contributed by atoms with Gasteiger partial charge in [-0.3, -0.25) is 4.79 Å². The molecule has 0 aromatic rings. The average molecular weight is 257 g/mol. The fourth-order valence-corrected chi connectivity index (χ4v) is 1.69. The zero-order valence-corrected chi connectivity index (χ0v) is 12.8. The predicted molar refractivity (Wildman–Crippen MR) is 77.5 cm³/mol. The Balaban J connectivity index is 3.72. The SMILES string of the molecule is CC(C)N(C)CCNC(=O)CCC(C)(C)CCN. The van der Waals surface area contributed by atoms with Crippen LogP contribution in [0, 0.1) is 5.41 Å². The van der Waals surface area contributed by atoms with E-state index in [2.05, 4.69) is 45.0 Å². The van der Waals surface area contributed by atoms with Gasteiger partial charge in [-0.2, -0.15) is 0 Å². The molecule has 18 heavy (non-hydrogen) atoms. The lowest BCUT2D eigenvalue weighted by atomic mass is 9.84. The van der Waals surface area contributed by atoms with Crippen molar-refractivity contribution in [2.75, 3.05) is 26.7 Å². The van der Waals surface area contributed by atoms with E-state index in [-0.39, 0.29) is 11.3 Å². The van der Waals surface area contributed by atoms with Crippen molar-refractivity contribution in [1.82, 2.24) is 10.2 Å². The van der Waals surface area contributed by atoms with Gasteiger partial charge >= 0.3 is 0 Å². The number of nitrogens with two attached hydrogens (primary N) is 1. The van der Waals surface area contributed by atoms with E-state index in [0.717, 1.165) is 25.9 Å². The zero-order chi connectivity index (χ0) is 14.2. The van der Waals surface area contributed by atoms with E-state index < -0.39 is 0 Å². The Kier molecular flexibility index (Phi) is 8.20. The first-order valence-corrected chi connectivity index (χ1v) is 6.95. The fourth-order valence-electron chi connectivity index (χ4n) is 1.69.